The molecule has 0 bridgehead atoms. The van der Waals surface area contributed by atoms with Crippen LogP contribution >= 0.6 is 0 Å². The zero-order valence-electron chi connectivity index (χ0n) is 16.0. The van der Waals surface area contributed by atoms with Gasteiger partial charge in [-0.3, -0.25) is 0 Å². The Morgan fingerprint density at radius 1 is 0.630 bits per heavy atom. The third-order valence-corrected chi connectivity index (χ3v) is 4.70. The number of rotatable bonds is 11. The van der Waals surface area contributed by atoms with Gasteiger partial charge in [-0.1, -0.05) is 75.4 Å². The minimum absolute atomic E-state index is 0.176. The van der Waals surface area contributed by atoms with Crippen molar-refractivity contribution in [2.45, 2.75) is 71.1 Å². The molecule has 1 nitrogen and oxygen atoms in total. The molecular weight excluding hydrogens is 349 g/mol. The molecule has 0 radical (unpaired) electrons. The molecule has 0 aliphatic rings. The van der Waals surface area contributed by atoms with Crippen molar-refractivity contribution in [2.24, 2.45) is 0 Å². The molecule has 0 saturated heterocycles. The number of benzene rings is 2. The second-order valence-corrected chi connectivity index (χ2v) is 7.03. The Morgan fingerprint density at radius 3 is 1.59 bits per heavy atom. The van der Waals surface area contributed by atoms with Gasteiger partial charge in [-0.2, -0.15) is 0 Å². The highest BCUT2D eigenvalue weighted by Gasteiger charge is 2.30. The quantitative estimate of drug-likeness (QED) is 0.374. The van der Waals surface area contributed by atoms with E-state index in [-0.39, 0.29) is 5.75 Å². The molecule has 0 aromatic heterocycles. The monoisotopic (exact) mass is 378 g/mol. The summed E-state index contributed by atoms with van der Waals surface area (Å²) in [5, 5.41) is 0. The molecule has 148 valence electrons. The lowest BCUT2D eigenvalue weighted by atomic mass is 10.0. The zero-order valence-corrected chi connectivity index (χ0v) is 16.0. The summed E-state index contributed by atoms with van der Waals surface area (Å²) in [7, 11) is 0. The molecule has 0 N–H and O–H groups in total. The van der Waals surface area contributed by atoms with Crippen LogP contribution in [-0.4, -0.2) is 6.36 Å². The normalized spacial score (nSPS) is 11.6. The van der Waals surface area contributed by atoms with Crippen LogP contribution in [0, 0.1) is 0 Å². The lowest BCUT2D eigenvalue weighted by molar-refractivity contribution is -0.274. The fourth-order valence-electron chi connectivity index (χ4n) is 3.13. The van der Waals surface area contributed by atoms with E-state index in [0.29, 0.717) is 0 Å². The number of ether oxygens (including phenoxy) is 1. The molecule has 0 heterocycles. The van der Waals surface area contributed by atoms with Gasteiger partial charge in [-0.05, 0) is 54.5 Å². The summed E-state index contributed by atoms with van der Waals surface area (Å²) in [6, 6.07) is 14.8. The standard InChI is InChI=1S/C23H29F3O/c1-2-3-4-5-6-7-8-19-9-11-20(12-10-19)13-14-21-15-17-22(18-16-21)27-23(24,25)26/h9-12,15-18H,2-8,13-14H2,1H3. The van der Waals surface area contributed by atoms with Gasteiger partial charge in [0.05, 0.1) is 0 Å². The first-order valence-corrected chi connectivity index (χ1v) is 9.89. The summed E-state index contributed by atoms with van der Waals surface area (Å²) in [6.45, 7) is 2.24. The highest BCUT2D eigenvalue weighted by atomic mass is 19.4. The minimum Gasteiger partial charge on any atom is -0.406 e. The molecule has 2 rings (SSSR count). The van der Waals surface area contributed by atoms with Crippen molar-refractivity contribution in [3.8, 4) is 5.75 Å². The summed E-state index contributed by atoms with van der Waals surface area (Å²) in [5.41, 5.74) is 3.63. The third kappa shape index (κ3) is 8.98. The van der Waals surface area contributed by atoms with E-state index in [4.69, 9.17) is 0 Å². The van der Waals surface area contributed by atoms with Crippen LogP contribution in [0.3, 0.4) is 0 Å². The van der Waals surface area contributed by atoms with Gasteiger partial charge in [0.1, 0.15) is 5.75 Å². The van der Waals surface area contributed by atoms with Crippen LogP contribution in [-0.2, 0) is 19.3 Å². The molecule has 27 heavy (non-hydrogen) atoms. The highest BCUT2D eigenvalue weighted by molar-refractivity contribution is 5.29. The van der Waals surface area contributed by atoms with Gasteiger partial charge >= 0.3 is 6.36 Å². The molecule has 0 saturated carbocycles. The van der Waals surface area contributed by atoms with E-state index < -0.39 is 6.36 Å². The van der Waals surface area contributed by atoms with Crippen molar-refractivity contribution < 1.29 is 17.9 Å². The summed E-state index contributed by atoms with van der Waals surface area (Å²) >= 11 is 0. The van der Waals surface area contributed by atoms with Crippen LogP contribution in [0.4, 0.5) is 13.2 Å². The Hall–Kier alpha value is -1.97. The van der Waals surface area contributed by atoms with Gasteiger partial charge in [-0.15, -0.1) is 13.2 Å². The fraction of sp³-hybridized carbons (Fsp3) is 0.478. The Kier molecular flexibility index (Phi) is 8.70. The third-order valence-electron chi connectivity index (χ3n) is 4.70. The molecule has 0 aliphatic heterocycles. The number of aryl methyl sites for hydroxylation is 3. The number of alkyl halides is 3. The Bertz CT molecular complexity index is 645. The smallest absolute Gasteiger partial charge is 0.406 e. The maximum Gasteiger partial charge on any atom is 0.573 e. The van der Waals surface area contributed by atoms with Gasteiger partial charge in [0.15, 0.2) is 0 Å². The fourth-order valence-corrected chi connectivity index (χ4v) is 3.13. The second-order valence-electron chi connectivity index (χ2n) is 7.03. The first-order chi connectivity index (χ1) is 13.0. The van der Waals surface area contributed by atoms with Crippen LogP contribution in [0.2, 0.25) is 0 Å². The predicted octanol–water partition coefficient (Wildman–Crippen LogP) is 7.27. The van der Waals surface area contributed by atoms with E-state index >= 15 is 0 Å². The first-order valence-electron chi connectivity index (χ1n) is 9.89. The van der Waals surface area contributed by atoms with Crippen LogP contribution in [0.5, 0.6) is 5.75 Å². The largest absolute Gasteiger partial charge is 0.573 e. The Balaban J connectivity index is 1.71. The van der Waals surface area contributed by atoms with E-state index in [2.05, 4.69) is 35.9 Å². The summed E-state index contributed by atoms with van der Waals surface area (Å²) in [6.07, 6.45) is 6.01. The number of halogens is 3. The average molecular weight is 378 g/mol. The Morgan fingerprint density at radius 2 is 1.07 bits per heavy atom. The number of hydrogen-bond acceptors (Lipinski definition) is 1. The van der Waals surface area contributed by atoms with Crippen molar-refractivity contribution in [2.75, 3.05) is 0 Å². The number of unbranched alkanes of at least 4 members (excludes halogenated alkanes) is 5. The van der Waals surface area contributed by atoms with Crippen molar-refractivity contribution in [1.82, 2.24) is 0 Å². The molecule has 0 unspecified atom stereocenters. The van der Waals surface area contributed by atoms with Crippen molar-refractivity contribution in [1.29, 1.82) is 0 Å². The van der Waals surface area contributed by atoms with Gasteiger partial charge in [-0.25, -0.2) is 0 Å². The molecule has 2 aromatic rings. The maximum absolute atomic E-state index is 12.2. The minimum atomic E-state index is -4.64. The van der Waals surface area contributed by atoms with Gasteiger partial charge in [0.25, 0.3) is 0 Å². The molecule has 0 spiro atoms. The van der Waals surface area contributed by atoms with E-state index in [1.165, 1.54) is 61.8 Å². The lowest BCUT2D eigenvalue weighted by Gasteiger charge is -2.09. The second kappa shape index (κ2) is 11.0. The van der Waals surface area contributed by atoms with Crippen LogP contribution in [0.25, 0.3) is 0 Å². The van der Waals surface area contributed by atoms with Crippen molar-refractivity contribution in [3.63, 3.8) is 0 Å². The van der Waals surface area contributed by atoms with E-state index in [1.54, 1.807) is 12.1 Å². The van der Waals surface area contributed by atoms with Crippen LogP contribution in [0.1, 0.15) is 62.1 Å². The highest BCUT2D eigenvalue weighted by Crippen LogP contribution is 2.23. The predicted molar refractivity (Wildman–Crippen MR) is 104 cm³/mol. The first kappa shape index (κ1) is 21.3. The number of hydrogen-bond donors (Lipinski definition) is 0. The maximum atomic E-state index is 12.2. The molecular formula is C23H29F3O. The van der Waals surface area contributed by atoms with Gasteiger partial charge in [0, 0.05) is 0 Å². The van der Waals surface area contributed by atoms with E-state index in [1.807, 2.05) is 0 Å². The molecule has 0 atom stereocenters. The van der Waals surface area contributed by atoms with Crippen molar-refractivity contribution in [3.05, 3.63) is 65.2 Å². The molecule has 0 aliphatic carbocycles. The van der Waals surface area contributed by atoms with Crippen LogP contribution < -0.4 is 4.74 Å². The Labute approximate surface area is 160 Å². The summed E-state index contributed by atoms with van der Waals surface area (Å²) < 4.78 is 40.4. The van der Waals surface area contributed by atoms with Gasteiger partial charge in [0.2, 0.25) is 0 Å². The topological polar surface area (TPSA) is 9.23 Å². The van der Waals surface area contributed by atoms with E-state index in [0.717, 1.165) is 24.8 Å². The summed E-state index contributed by atoms with van der Waals surface area (Å²) in [4.78, 5) is 0. The SMILES string of the molecule is CCCCCCCCc1ccc(CCc2ccc(OC(F)(F)F)cc2)cc1. The average Bonchev–Trinajstić information content (AvgIpc) is 2.64. The molecule has 4 heteroatoms. The zero-order chi connectivity index (χ0) is 19.5. The summed E-state index contributed by atoms with van der Waals surface area (Å²) in [5.74, 6) is -0.176. The van der Waals surface area contributed by atoms with Crippen molar-refractivity contribution >= 4 is 0 Å². The van der Waals surface area contributed by atoms with Gasteiger partial charge < -0.3 is 4.74 Å². The molecule has 0 fully saturated rings. The molecule has 0 amide bonds. The van der Waals surface area contributed by atoms with E-state index in [9.17, 15) is 13.2 Å². The molecule has 2 aromatic carbocycles. The lowest BCUT2D eigenvalue weighted by Crippen LogP contribution is -2.17. The van der Waals surface area contributed by atoms with Crippen LogP contribution in [0.15, 0.2) is 48.5 Å².